The highest BCUT2D eigenvalue weighted by Gasteiger charge is 2.45. The maximum absolute atomic E-state index is 12.3. The fraction of sp³-hybridized carbons (Fsp3) is 0.526. The van der Waals surface area contributed by atoms with E-state index in [1.807, 2.05) is 31.2 Å². The zero-order valence-electron chi connectivity index (χ0n) is 15.1. The number of benzene rings is 1. The molecule has 0 saturated carbocycles. The van der Waals surface area contributed by atoms with Crippen LogP contribution in [0.3, 0.4) is 0 Å². The molecule has 0 aliphatic carbocycles. The molecule has 0 amide bonds. The lowest BCUT2D eigenvalue weighted by molar-refractivity contribution is 0.0981. The fourth-order valence-electron chi connectivity index (χ4n) is 2.24. The SMILES string of the molecule is C=C(CC(=O)c1ccc(C)cc1)O[Si](C)(C)C(C)(C)C(C)C. The van der Waals surface area contributed by atoms with Gasteiger partial charge in [0.2, 0.25) is 0 Å². The Kier molecular flexibility index (Phi) is 5.80. The molecule has 0 aromatic heterocycles. The minimum atomic E-state index is -1.99. The molecule has 22 heavy (non-hydrogen) atoms. The molecule has 0 spiro atoms. The summed E-state index contributed by atoms with van der Waals surface area (Å²) in [4.78, 5) is 12.3. The summed E-state index contributed by atoms with van der Waals surface area (Å²) in [5.74, 6) is 1.18. The lowest BCUT2D eigenvalue weighted by atomic mass is 9.99. The van der Waals surface area contributed by atoms with Crippen molar-refractivity contribution in [1.82, 2.24) is 0 Å². The lowest BCUT2D eigenvalue weighted by Crippen LogP contribution is -2.45. The maximum atomic E-state index is 12.3. The minimum Gasteiger partial charge on any atom is -0.547 e. The molecule has 1 aromatic rings. The number of rotatable bonds is 7. The Balaban J connectivity index is 2.74. The van der Waals surface area contributed by atoms with Crippen LogP contribution in [0, 0.1) is 12.8 Å². The molecule has 0 bridgehead atoms. The average molecular weight is 319 g/mol. The summed E-state index contributed by atoms with van der Waals surface area (Å²) < 4.78 is 6.20. The summed E-state index contributed by atoms with van der Waals surface area (Å²) in [6, 6.07) is 7.64. The standard InChI is InChI=1S/C19H30O2Si/c1-14(2)19(5,6)22(7,8)21-16(4)13-18(20)17-11-9-15(3)10-12-17/h9-12,14H,4,13H2,1-3,5-8H3. The first-order valence-corrected chi connectivity index (χ1v) is 10.8. The number of hydrogen-bond acceptors (Lipinski definition) is 2. The normalized spacial score (nSPS) is 12.4. The van der Waals surface area contributed by atoms with Crippen LogP contribution < -0.4 is 0 Å². The van der Waals surface area contributed by atoms with Crippen LogP contribution in [-0.4, -0.2) is 14.1 Å². The summed E-state index contributed by atoms with van der Waals surface area (Å²) in [6.07, 6.45) is 0.258. The summed E-state index contributed by atoms with van der Waals surface area (Å²) in [7, 11) is -1.99. The Bertz CT molecular complexity index is 539. The molecule has 0 N–H and O–H groups in total. The molecule has 0 aliphatic heterocycles. The van der Waals surface area contributed by atoms with Crippen LogP contribution in [0.15, 0.2) is 36.6 Å². The van der Waals surface area contributed by atoms with E-state index in [-0.39, 0.29) is 17.2 Å². The number of ketones is 1. The highest BCUT2D eigenvalue weighted by atomic mass is 28.4. The van der Waals surface area contributed by atoms with Gasteiger partial charge in [-0.2, -0.15) is 0 Å². The zero-order chi connectivity index (χ0) is 17.1. The molecule has 3 heteroatoms. The first-order chi connectivity index (χ1) is 9.97. The molecule has 0 aliphatic rings. The van der Waals surface area contributed by atoms with Crippen molar-refractivity contribution in [3.8, 4) is 0 Å². The second-order valence-corrected chi connectivity index (χ2v) is 12.0. The second-order valence-electron chi connectivity index (χ2n) is 7.49. The molecule has 0 unspecified atom stereocenters. The van der Waals surface area contributed by atoms with E-state index in [0.717, 1.165) is 11.1 Å². The van der Waals surface area contributed by atoms with Gasteiger partial charge in [0.1, 0.15) is 0 Å². The van der Waals surface area contributed by atoms with E-state index in [2.05, 4.69) is 47.4 Å². The Hall–Kier alpha value is -1.35. The molecular formula is C19H30O2Si. The van der Waals surface area contributed by atoms with Gasteiger partial charge in [-0.3, -0.25) is 4.79 Å². The average Bonchev–Trinajstić information content (AvgIpc) is 2.37. The van der Waals surface area contributed by atoms with Gasteiger partial charge < -0.3 is 4.43 Å². The number of hydrogen-bond donors (Lipinski definition) is 0. The predicted octanol–water partition coefficient (Wildman–Crippen LogP) is 5.74. The van der Waals surface area contributed by atoms with Gasteiger partial charge in [0.15, 0.2) is 5.78 Å². The van der Waals surface area contributed by atoms with Crippen LogP contribution in [0.25, 0.3) is 0 Å². The van der Waals surface area contributed by atoms with Crippen molar-refractivity contribution in [2.75, 3.05) is 0 Å². The van der Waals surface area contributed by atoms with Crippen molar-refractivity contribution in [2.45, 2.75) is 59.2 Å². The smallest absolute Gasteiger partial charge is 0.250 e. The van der Waals surface area contributed by atoms with Gasteiger partial charge in [-0.05, 0) is 31.0 Å². The molecule has 0 atom stereocenters. The topological polar surface area (TPSA) is 26.3 Å². The predicted molar refractivity (Wildman–Crippen MR) is 96.7 cm³/mol. The lowest BCUT2D eigenvalue weighted by Gasteiger charge is -2.42. The molecule has 0 fully saturated rings. The zero-order valence-corrected chi connectivity index (χ0v) is 16.1. The van der Waals surface area contributed by atoms with Crippen LogP contribution in [0.1, 0.15) is 50.0 Å². The third-order valence-electron chi connectivity index (χ3n) is 5.13. The monoisotopic (exact) mass is 318 g/mol. The Morgan fingerprint density at radius 1 is 1.23 bits per heavy atom. The summed E-state index contributed by atoms with van der Waals surface area (Å²) >= 11 is 0. The Morgan fingerprint density at radius 3 is 2.18 bits per heavy atom. The summed E-state index contributed by atoms with van der Waals surface area (Å²) in [5.41, 5.74) is 1.87. The van der Waals surface area contributed by atoms with Gasteiger partial charge in [-0.25, -0.2) is 0 Å². The van der Waals surface area contributed by atoms with Crippen LogP contribution >= 0.6 is 0 Å². The van der Waals surface area contributed by atoms with E-state index in [1.54, 1.807) is 0 Å². The van der Waals surface area contributed by atoms with E-state index < -0.39 is 8.32 Å². The number of Topliss-reactive ketones (excluding diaryl/α,β-unsaturated/α-hetero) is 1. The van der Waals surface area contributed by atoms with Crippen LogP contribution in [-0.2, 0) is 4.43 Å². The molecule has 0 heterocycles. The van der Waals surface area contributed by atoms with Crippen molar-refractivity contribution >= 4 is 14.1 Å². The van der Waals surface area contributed by atoms with Crippen molar-refractivity contribution in [1.29, 1.82) is 0 Å². The number of aryl methyl sites for hydroxylation is 1. The molecule has 0 saturated heterocycles. The minimum absolute atomic E-state index is 0.0668. The fourth-order valence-corrected chi connectivity index (χ4v) is 4.69. The van der Waals surface area contributed by atoms with E-state index >= 15 is 0 Å². The number of carbonyl (C=O) groups excluding carboxylic acids is 1. The van der Waals surface area contributed by atoms with Crippen LogP contribution in [0.4, 0.5) is 0 Å². The maximum Gasteiger partial charge on any atom is 0.250 e. The van der Waals surface area contributed by atoms with Gasteiger partial charge >= 0.3 is 0 Å². The van der Waals surface area contributed by atoms with Crippen molar-refractivity contribution in [2.24, 2.45) is 5.92 Å². The van der Waals surface area contributed by atoms with Gasteiger partial charge in [0.05, 0.1) is 12.2 Å². The van der Waals surface area contributed by atoms with Crippen molar-refractivity contribution in [3.63, 3.8) is 0 Å². The van der Waals surface area contributed by atoms with Gasteiger partial charge in [-0.15, -0.1) is 0 Å². The van der Waals surface area contributed by atoms with E-state index in [9.17, 15) is 4.79 Å². The summed E-state index contributed by atoms with van der Waals surface area (Å²) in [6.45, 7) is 19.3. The highest BCUT2D eigenvalue weighted by Crippen LogP contribution is 2.45. The summed E-state index contributed by atoms with van der Waals surface area (Å²) in [5, 5.41) is 0.114. The van der Waals surface area contributed by atoms with Crippen molar-refractivity contribution in [3.05, 3.63) is 47.7 Å². The van der Waals surface area contributed by atoms with Crippen molar-refractivity contribution < 1.29 is 9.22 Å². The van der Waals surface area contributed by atoms with Crippen LogP contribution in [0.5, 0.6) is 0 Å². The van der Waals surface area contributed by atoms with Gasteiger partial charge in [-0.1, -0.05) is 64.1 Å². The van der Waals surface area contributed by atoms with E-state index in [1.165, 1.54) is 0 Å². The van der Waals surface area contributed by atoms with Crippen LogP contribution in [0.2, 0.25) is 18.1 Å². The van der Waals surface area contributed by atoms with E-state index in [4.69, 9.17) is 4.43 Å². The number of carbonyl (C=O) groups is 1. The Labute approximate surface area is 136 Å². The van der Waals surface area contributed by atoms with E-state index in [0.29, 0.717) is 11.7 Å². The molecular weight excluding hydrogens is 288 g/mol. The Morgan fingerprint density at radius 2 is 1.73 bits per heavy atom. The quantitative estimate of drug-likeness (QED) is 0.364. The second kappa shape index (κ2) is 6.82. The first-order valence-electron chi connectivity index (χ1n) is 7.94. The van der Waals surface area contributed by atoms with Gasteiger partial charge in [0, 0.05) is 5.56 Å². The molecule has 0 radical (unpaired) electrons. The highest BCUT2D eigenvalue weighted by molar-refractivity contribution is 6.74. The number of allylic oxidation sites excluding steroid dienone is 1. The molecule has 2 nitrogen and oxygen atoms in total. The molecule has 1 aromatic carbocycles. The van der Waals surface area contributed by atoms with Gasteiger partial charge in [0.25, 0.3) is 8.32 Å². The third-order valence-corrected chi connectivity index (χ3v) is 9.61. The largest absolute Gasteiger partial charge is 0.547 e. The first kappa shape index (κ1) is 18.7. The third kappa shape index (κ3) is 4.32. The molecule has 122 valence electrons. The molecule has 1 rings (SSSR count).